The molecule has 0 spiro atoms. The Kier molecular flexibility index (Phi) is 4.66. The van der Waals surface area contributed by atoms with E-state index in [1.165, 1.54) is 12.1 Å². The molecule has 1 N–H and O–H groups in total. The van der Waals surface area contributed by atoms with Crippen LogP contribution in [0.1, 0.15) is 5.56 Å². The Balaban J connectivity index is 2.10. The van der Waals surface area contributed by atoms with E-state index in [4.69, 9.17) is 16.1 Å². The van der Waals surface area contributed by atoms with E-state index >= 15 is 0 Å². The number of nitrogens with zero attached hydrogens (tertiary/aromatic N) is 2. The monoisotopic (exact) mass is 408 g/mol. The Bertz CT molecular complexity index is 909. The van der Waals surface area contributed by atoms with E-state index in [1.807, 2.05) is 0 Å². The minimum absolute atomic E-state index is 0.0250. The first kappa shape index (κ1) is 16.6. The van der Waals surface area contributed by atoms with E-state index in [0.717, 1.165) is 4.47 Å². The Hall–Kier alpha value is -2.22. The average Bonchev–Trinajstić information content (AvgIpc) is 3.00. The molecule has 6 nitrogen and oxygen atoms in total. The number of aliphatic hydroxyl groups is 1. The Morgan fingerprint density at radius 1 is 1.25 bits per heavy atom. The summed E-state index contributed by atoms with van der Waals surface area (Å²) in [4.78, 5) is 10.3. The molecule has 0 aliphatic heterocycles. The van der Waals surface area contributed by atoms with Crippen LogP contribution in [0.25, 0.3) is 22.6 Å². The largest absolute Gasteiger partial charge is 0.391 e. The third kappa shape index (κ3) is 3.06. The highest BCUT2D eigenvalue weighted by Crippen LogP contribution is 2.37. The fourth-order valence-corrected chi connectivity index (χ4v) is 2.87. The highest BCUT2D eigenvalue weighted by molar-refractivity contribution is 9.10. The van der Waals surface area contributed by atoms with Gasteiger partial charge in [0.2, 0.25) is 0 Å². The van der Waals surface area contributed by atoms with Gasteiger partial charge in [-0.1, -0.05) is 32.7 Å². The number of aliphatic hydroxyl groups excluding tert-OH is 1. The van der Waals surface area contributed by atoms with E-state index in [2.05, 4.69) is 21.1 Å². The third-order valence-corrected chi connectivity index (χ3v) is 4.29. The molecule has 0 amide bonds. The van der Waals surface area contributed by atoms with Crippen molar-refractivity contribution >= 4 is 33.2 Å². The summed E-state index contributed by atoms with van der Waals surface area (Å²) in [5, 5.41) is 25.0. The molecule has 0 saturated heterocycles. The van der Waals surface area contributed by atoms with Crippen molar-refractivity contribution in [3.63, 3.8) is 0 Å². The molecule has 0 saturated carbocycles. The second-order valence-electron chi connectivity index (χ2n) is 4.93. The zero-order chi connectivity index (χ0) is 17.3. The minimum atomic E-state index is -0.480. The van der Waals surface area contributed by atoms with Crippen LogP contribution < -0.4 is 0 Å². The standard InChI is InChI=1S/C16H10BrClN2O4/c17-10-3-6-14(18)12(7-10)16-13(8-21)15(19-24-16)9-1-4-11(5-2-9)20(22)23/h1-7,21H,8H2. The smallest absolute Gasteiger partial charge is 0.269 e. The number of hydrogen-bond donors (Lipinski definition) is 1. The average molecular weight is 410 g/mol. The fraction of sp³-hybridized carbons (Fsp3) is 0.0625. The lowest BCUT2D eigenvalue weighted by molar-refractivity contribution is -0.384. The number of rotatable bonds is 4. The van der Waals surface area contributed by atoms with Crippen molar-refractivity contribution in [1.29, 1.82) is 0 Å². The van der Waals surface area contributed by atoms with Crippen molar-refractivity contribution in [2.75, 3.05) is 0 Å². The Morgan fingerprint density at radius 2 is 1.96 bits per heavy atom. The zero-order valence-electron chi connectivity index (χ0n) is 12.1. The lowest BCUT2D eigenvalue weighted by Gasteiger charge is -2.04. The molecule has 0 aliphatic carbocycles. The summed E-state index contributed by atoms with van der Waals surface area (Å²) in [6, 6.07) is 11.1. The molecule has 1 aromatic heterocycles. The van der Waals surface area contributed by atoms with E-state index in [0.29, 0.717) is 33.2 Å². The zero-order valence-corrected chi connectivity index (χ0v) is 14.4. The van der Waals surface area contributed by atoms with Crippen molar-refractivity contribution in [3.8, 4) is 22.6 Å². The number of halogens is 2. The molecule has 122 valence electrons. The molecule has 0 unspecified atom stereocenters. The van der Waals surface area contributed by atoms with Crippen molar-refractivity contribution in [2.24, 2.45) is 0 Å². The second-order valence-corrected chi connectivity index (χ2v) is 6.25. The summed E-state index contributed by atoms with van der Waals surface area (Å²) in [6.45, 7) is -0.312. The molecule has 0 atom stereocenters. The number of non-ortho nitro benzene ring substituents is 1. The lowest BCUT2D eigenvalue weighted by atomic mass is 10.0. The quantitative estimate of drug-likeness (QED) is 0.492. The van der Waals surface area contributed by atoms with Gasteiger partial charge in [-0.05, 0) is 30.3 Å². The van der Waals surface area contributed by atoms with Gasteiger partial charge < -0.3 is 9.63 Å². The molecule has 8 heteroatoms. The van der Waals surface area contributed by atoms with Crippen molar-refractivity contribution in [3.05, 3.63) is 67.6 Å². The van der Waals surface area contributed by atoms with Crippen LogP contribution in [-0.4, -0.2) is 15.2 Å². The van der Waals surface area contributed by atoms with Gasteiger partial charge in [-0.3, -0.25) is 10.1 Å². The van der Waals surface area contributed by atoms with Crippen LogP contribution in [-0.2, 0) is 6.61 Å². The first-order valence-electron chi connectivity index (χ1n) is 6.81. The predicted molar refractivity (Wildman–Crippen MR) is 92.7 cm³/mol. The molecule has 0 fully saturated rings. The predicted octanol–water partition coefficient (Wildman–Crippen LogP) is 4.83. The maximum absolute atomic E-state index is 10.7. The molecule has 1 heterocycles. The van der Waals surface area contributed by atoms with Crippen LogP contribution in [0, 0.1) is 10.1 Å². The van der Waals surface area contributed by atoms with Crippen LogP contribution >= 0.6 is 27.5 Å². The molecule has 2 aromatic carbocycles. The van der Waals surface area contributed by atoms with Gasteiger partial charge in [-0.15, -0.1) is 0 Å². The van der Waals surface area contributed by atoms with Gasteiger partial charge in [0, 0.05) is 27.7 Å². The topological polar surface area (TPSA) is 89.4 Å². The van der Waals surface area contributed by atoms with Crippen LogP contribution in [0.5, 0.6) is 0 Å². The first-order valence-corrected chi connectivity index (χ1v) is 7.98. The summed E-state index contributed by atoms with van der Waals surface area (Å²) in [7, 11) is 0. The summed E-state index contributed by atoms with van der Waals surface area (Å²) in [5.74, 6) is 0.358. The number of benzene rings is 2. The number of hydrogen-bond acceptors (Lipinski definition) is 5. The highest BCUT2D eigenvalue weighted by Gasteiger charge is 2.21. The maximum atomic E-state index is 10.7. The number of nitro groups is 1. The van der Waals surface area contributed by atoms with Gasteiger partial charge in [-0.25, -0.2) is 0 Å². The first-order chi connectivity index (χ1) is 11.5. The van der Waals surface area contributed by atoms with Crippen LogP contribution in [0.4, 0.5) is 5.69 Å². The lowest BCUT2D eigenvalue weighted by Crippen LogP contribution is -1.91. The number of nitro benzene ring substituents is 1. The summed E-state index contributed by atoms with van der Waals surface area (Å²) in [6.07, 6.45) is 0. The second kappa shape index (κ2) is 6.72. The number of aromatic nitrogens is 1. The highest BCUT2D eigenvalue weighted by atomic mass is 79.9. The van der Waals surface area contributed by atoms with Gasteiger partial charge in [-0.2, -0.15) is 0 Å². The van der Waals surface area contributed by atoms with Crippen molar-refractivity contribution < 1.29 is 14.6 Å². The summed E-state index contributed by atoms with van der Waals surface area (Å²) < 4.78 is 6.20. The summed E-state index contributed by atoms with van der Waals surface area (Å²) in [5.41, 5.74) is 2.05. The Labute approximate surface area is 149 Å². The van der Waals surface area contributed by atoms with Gasteiger partial charge in [0.15, 0.2) is 5.76 Å². The van der Waals surface area contributed by atoms with E-state index in [-0.39, 0.29) is 12.3 Å². The third-order valence-electron chi connectivity index (χ3n) is 3.47. The van der Waals surface area contributed by atoms with Crippen LogP contribution in [0.3, 0.4) is 0 Å². The molecule has 0 radical (unpaired) electrons. The summed E-state index contributed by atoms with van der Waals surface area (Å²) >= 11 is 9.57. The molecular formula is C16H10BrClN2O4. The van der Waals surface area contributed by atoms with E-state index < -0.39 is 4.92 Å². The van der Waals surface area contributed by atoms with Crippen molar-refractivity contribution in [2.45, 2.75) is 6.61 Å². The SMILES string of the molecule is O=[N+]([O-])c1ccc(-c2noc(-c3cc(Br)ccc3Cl)c2CO)cc1. The fourth-order valence-electron chi connectivity index (χ4n) is 2.31. The van der Waals surface area contributed by atoms with Crippen LogP contribution in [0.15, 0.2) is 51.5 Å². The van der Waals surface area contributed by atoms with Crippen LogP contribution in [0.2, 0.25) is 5.02 Å². The van der Waals surface area contributed by atoms with Gasteiger partial charge >= 0.3 is 0 Å². The normalized spacial score (nSPS) is 10.8. The van der Waals surface area contributed by atoms with E-state index in [9.17, 15) is 15.2 Å². The molecule has 0 bridgehead atoms. The van der Waals surface area contributed by atoms with Gasteiger partial charge in [0.05, 0.1) is 22.1 Å². The molecular weight excluding hydrogens is 400 g/mol. The molecule has 24 heavy (non-hydrogen) atoms. The maximum Gasteiger partial charge on any atom is 0.269 e. The van der Waals surface area contributed by atoms with Gasteiger partial charge in [0.25, 0.3) is 5.69 Å². The van der Waals surface area contributed by atoms with Gasteiger partial charge in [0.1, 0.15) is 5.69 Å². The molecule has 3 aromatic rings. The molecule has 3 rings (SSSR count). The van der Waals surface area contributed by atoms with Crippen molar-refractivity contribution in [1.82, 2.24) is 5.16 Å². The Morgan fingerprint density at radius 3 is 2.58 bits per heavy atom. The minimum Gasteiger partial charge on any atom is -0.391 e. The van der Waals surface area contributed by atoms with E-state index in [1.54, 1.807) is 30.3 Å². The molecule has 0 aliphatic rings.